The van der Waals surface area contributed by atoms with Gasteiger partial charge in [-0.25, -0.2) is 4.98 Å². The van der Waals surface area contributed by atoms with Crippen LogP contribution in [0.15, 0.2) is 35.5 Å². The van der Waals surface area contributed by atoms with E-state index < -0.39 is 0 Å². The van der Waals surface area contributed by atoms with Gasteiger partial charge in [0.2, 0.25) is 0 Å². The third-order valence-electron chi connectivity index (χ3n) is 4.96. The van der Waals surface area contributed by atoms with Gasteiger partial charge in [0.05, 0.1) is 24.3 Å². The van der Waals surface area contributed by atoms with Gasteiger partial charge in [-0.3, -0.25) is 4.99 Å². The lowest BCUT2D eigenvalue weighted by molar-refractivity contribution is 0.612. The highest BCUT2D eigenvalue weighted by Crippen LogP contribution is 2.19. The van der Waals surface area contributed by atoms with Crippen LogP contribution < -0.4 is 16.4 Å². The second-order valence-electron chi connectivity index (χ2n) is 7.07. The van der Waals surface area contributed by atoms with E-state index in [-0.39, 0.29) is 12.1 Å². The van der Waals surface area contributed by atoms with E-state index in [1.54, 1.807) is 12.3 Å². The first-order valence-corrected chi connectivity index (χ1v) is 9.87. The second kappa shape index (κ2) is 9.94. The van der Waals surface area contributed by atoms with Gasteiger partial charge in [0.1, 0.15) is 17.4 Å². The van der Waals surface area contributed by atoms with Crippen LogP contribution in [0.25, 0.3) is 0 Å². The lowest BCUT2D eigenvalue weighted by atomic mass is 10.1. The molecule has 0 radical (unpaired) electrons. The van der Waals surface area contributed by atoms with Gasteiger partial charge in [-0.05, 0) is 69.5 Å². The van der Waals surface area contributed by atoms with Gasteiger partial charge in [0.15, 0.2) is 0 Å². The van der Waals surface area contributed by atoms with E-state index in [0.717, 1.165) is 49.4 Å². The third kappa shape index (κ3) is 5.36. The van der Waals surface area contributed by atoms with Gasteiger partial charge in [-0.1, -0.05) is 18.6 Å². The van der Waals surface area contributed by atoms with Crippen LogP contribution in [0.5, 0.6) is 0 Å². The Morgan fingerprint density at radius 3 is 2.86 bits per heavy atom. The van der Waals surface area contributed by atoms with Crippen molar-refractivity contribution in [3.8, 4) is 23.7 Å². The van der Waals surface area contributed by atoms with Crippen LogP contribution in [0.2, 0.25) is 0 Å². The van der Waals surface area contributed by atoms with Gasteiger partial charge in [-0.2, -0.15) is 0 Å². The Kier molecular flexibility index (Phi) is 7.08. The zero-order valence-electron chi connectivity index (χ0n) is 16.4. The normalized spacial score (nSPS) is 23.5. The Hall–Kier alpha value is -2.80. The molecular weight excluding hydrogens is 348 g/mol. The average Bonchev–Trinajstić information content (AvgIpc) is 3.45. The molecule has 3 heterocycles. The molecule has 3 atom stereocenters. The Bertz CT molecular complexity index is 858. The van der Waals surface area contributed by atoms with E-state index in [1.807, 2.05) is 13.0 Å². The van der Waals surface area contributed by atoms with Crippen LogP contribution in [0.4, 0.5) is 0 Å². The number of nitrogens with two attached hydrogens (primary N) is 1. The first kappa shape index (κ1) is 19.9. The van der Waals surface area contributed by atoms with Crippen molar-refractivity contribution in [1.29, 1.82) is 0 Å². The molecule has 2 aliphatic heterocycles. The average molecular weight is 377 g/mol. The van der Waals surface area contributed by atoms with Gasteiger partial charge in [-0.15, -0.1) is 0 Å². The zero-order chi connectivity index (χ0) is 19.8. The van der Waals surface area contributed by atoms with Crippen LogP contribution in [-0.4, -0.2) is 41.0 Å². The van der Waals surface area contributed by atoms with E-state index in [4.69, 9.17) is 5.73 Å². The Labute approximate surface area is 167 Å². The van der Waals surface area contributed by atoms with E-state index in [2.05, 4.69) is 55.9 Å². The van der Waals surface area contributed by atoms with Crippen molar-refractivity contribution in [3.63, 3.8) is 0 Å². The van der Waals surface area contributed by atoms with Crippen molar-refractivity contribution in [2.45, 2.75) is 50.7 Å². The summed E-state index contributed by atoms with van der Waals surface area (Å²) in [7, 11) is 0. The summed E-state index contributed by atoms with van der Waals surface area (Å²) in [6, 6.07) is 0.341. The van der Waals surface area contributed by atoms with Gasteiger partial charge in [0, 0.05) is 5.57 Å². The molecule has 1 aromatic heterocycles. The Balaban J connectivity index is 1.65. The van der Waals surface area contributed by atoms with Crippen LogP contribution >= 0.6 is 0 Å². The topological polar surface area (TPSA) is 91.1 Å². The summed E-state index contributed by atoms with van der Waals surface area (Å²) in [6.07, 6.45) is 9.77. The summed E-state index contributed by atoms with van der Waals surface area (Å²) in [5.41, 5.74) is 7.75. The quantitative estimate of drug-likeness (QED) is 0.273. The van der Waals surface area contributed by atoms with Gasteiger partial charge >= 0.3 is 0 Å². The first-order valence-electron chi connectivity index (χ1n) is 9.87. The molecule has 5 N–H and O–H groups in total. The fourth-order valence-electron chi connectivity index (χ4n) is 3.43. The number of nitrogens with one attached hydrogen (secondary N) is 3. The molecule has 0 aliphatic carbocycles. The highest BCUT2D eigenvalue weighted by Gasteiger charge is 2.19. The fraction of sp³-hybridized carbons (Fsp3) is 0.455. The van der Waals surface area contributed by atoms with Crippen LogP contribution in [0.1, 0.15) is 50.2 Å². The molecule has 6 nitrogen and oxygen atoms in total. The maximum absolute atomic E-state index is 6.14. The summed E-state index contributed by atoms with van der Waals surface area (Å²) in [5, 5.41) is 6.77. The molecule has 1 unspecified atom stereocenters. The van der Waals surface area contributed by atoms with E-state index in [0.29, 0.717) is 11.9 Å². The predicted molar refractivity (Wildman–Crippen MR) is 114 cm³/mol. The highest BCUT2D eigenvalue weighted by atomic mass is 15.0. The zero-order valence-corrected chi connectivity index (χ0v) is 16.4. The lowest BCUT2D eigenvalue weighted by Crippen LogP contribution is -2.37. The van der Waals surface area contributed by atoms with Crippen LogP contribution in [0.3, 0.4) is 0 Å². The van der Waals surface area contributed by atoms with E-state index in [9.17, 15) is 0 Å². The highest BCUT2D eigenvalue weighted by molar-refractivity contribution is 5.86. The molecule has 0 aromatic carbocycles. The molecule has 2 aliphatic rings. The number of amidine groups is 1. The molecule has 2 saturated heterocycles. The molecule has 2 fully saturated rings. The number of H-pyrrole nitrogens is 1. The monoisotopic (exact) mass is 376 g/mol. The number of hydrogen-bond acceptors (Lipinski definition) is 4. The van der Waals surface area contributed by atoms with Gasteiger partial charge < -0.3 is 21.4 Å². The van der Waals surface area contributed by atoms with Crippen molar-refractivity contribution >= 4 is 5.84 Å². The summed E-state index contributed by atoms with van der Waals surface area (Å²) in [5.74, 6) is 13.5. The number of aromatic amines is 1. The summed E-state index contributed by atoms with van der Waals surface area (Å²) >= 11 is 0. The molecule has 3 rings (SSSR count). The van der Waals surface area contributed by atoms with Crippen LogP contribution in [-0.2, 0) is 0 Å². The maximum atomic E-state index is 6.14. The molecule has 28 heavy (non-hydrogen) atoms. The molecule has 146 valence electrons. The minimum Gasteiger partial charge on any atom is -0.386 e. The van der Waals surface area contributed by atoms with E-state index >= 15 is 0 Å². The van der Waals surface area contributed by atoms with Gasteiger partial charge in [0.25, 0.3) is 0 Å². The number of imidazole rings is 1. The summed E-state index contributed by atoms with van der Waals surface area (Å²) in [6.45, 7) is 7.78. The fourth-order valence-corrected chi connectivity index (χ4v) is 3.43. The minimum atomic E-state index is -0.137. The van der Waals surface area contributed by atoms with Crippen LogP contribution in [0, 0.1) is 23.7 Å². The number of allylic oxidation sites excluding steroid dienone is 2. The number of rotatable bonds is 5. The smallest absolute Gasteiger partial charge is 0.124 e. The molecule has 0 saturated carbocycles. The lowest BCUT2D eigenvalue weighted by Gasteiger charge is -2.12. The molecule has 0 spiro atoms. The number of aromatic nitrogens is 2. The molecule has 1 aromatic rings. The molecule has 0 amide bonds. The standard InChI is InChI=1S/C22H28N6/c1-3-8-17(16(2)27-21(23)19-11-6-13-24-19)9-4-5-10-18-15-26-22(28-18)20-12-7-14-25-20/h3,8,15-16,19-20,24-25H,1,6-7,11-14H2,2H3,(H2,23,27)(H,26,28)/b17-8-/t16?,19-,20-/m0/s1. The Morgan fingerprint density at radius 1 is 1.32 bits per heavy atom. The van der Waals surface area contributed by atoms with Crippen molar-refractivity contribution in [3.05, 3.63) is 42.0 Å². The summed E-state index contributed by atoms with van der Waals surface area (Å²) in [4.78, 5) is 12.3. The van der Waals surface area contributed by atoms with Crippen molar-refractivity contribution < 1.29 is 0 Å². The van der Waals surface area contributed by atoms with Crippen molar-refractivity contribution in [1.82, 2.24) is 20.6 Å². The second-order valence-corrected chi connectivity index (χ2v) is 7.07. The van der Waals surface area contributed by atoms with Crippen molar-refractivity contribution in [2.24, 2.45) is 10.7 Å². The first-order chi connectivity index (χ1) is 13.7. The maximum Gasteiger partial charge on any atom is 0.124 e. The molecule has 0 bridgehead atoms. The SMILES string of the molecule is C=C/C=C(/C#CC#Cc1cnc([C@@H]2CCCN2)[nH]1)C(C)/N=C(\N)[C@@H]1CCCN1. The number of nitrogens with zero attached hydrogens (tertiary/aromatic N) is 2. The molecule has 6 heteroatoms. The third-order valence-corrected chi connectivity index (χ3v) is 4.96. The predicted octanol–water partition coefficient (Wildman–Crippen LogP) is 1.80. The Morgan fingerprint density at radius 2 is 2.14 bits per heavy atom. The van der Waals surface area contributed by atoms with Crippen molar-refractivity contribution in [2.75, 3.05) is 13.1 Å². The molecular formula is C22H28N6. The largest absolute Gasteiger partial charge is 0.386 e. The number of aliphatic imine (C=N–C) groups is 1. The minimum absolute atomic E-state index is 0.137. The van der Waals surface area contributed by atoms with E-state index in [1.165, 1.54) is 6.42 Å². The number of hydrogen-bond donors (Lipinski definition) is 4. The summed E-state index contributed by atoms with van der Waals surface area (Å²) < 4.78 is 0.